The zero-order chi connectivity index (χ0) is 13.2. The van der Waals surface area contributed by atoms with Crippen molar-refractivity contribution < 1.29 is 9.53 Å². The molecule has 0 bridgehead atoms. The van der Waals surface area contributed by atoms with Gasteiger partial charge < -0.3 is 4.74 Å². The van der Waals surface area contributed by atoms with E-state index in [-0.39, 0.29) is 10.5 Å². The first-order chi connectivity index (χ1) is 8.62. The number of hydrogen-bond acceptors (Lipinski definition) is 4. The topological polar surface area (TPSA) is 44.1 Å². The Morgan fingerprint density at radius 2 is 2.44 bits per heavy atom. The maximum Gasteiger partial charge on any atom is 0.200 e. The highest BCUT2D eigenvalue weighted by Crippen LogP contribution is 2.41. The molecule has 0 aliphatic carbocycles. The van der Waals surface area contributed by atoms with Gasteiger partial charge in [0.05, 0.1) is 18.1 Å². The Hall–Kier alpha value is -0.970. The Morgan fingerprint density at radius 3 is 3.00 bits per heavy atom. The molecule has 2 rings (SSSR count). The summed E-state index contributed by atoms with van der Waals surface area (Å²) >= 11 is 1.75. The summed E-state index contributed by atoms with van der Waals surface area (Å²) in [6, 6.07) is 0. The minimum Gasteiger partial charge on any atom is -0.493 e. The number of methoxy groups -OCH3 is 1. The molecule has 100 valence electrons. The fourth-order valence-electron chi connectivity index (χ4n) is 2.34. The smallest absolute Gasteiger partial charge is 0.200 e. The third-order valence-electron chi connectivity index (χ3n) is 3.38. The van der Waals surface area contributed by atoms with E-state index < -0.39 is 0 Å². The van der Waals surface area contributed by atoms with Gasteiger partial charge in [0.25, 0.3) is 0 Å². The summed E-state index contributed by atoms with van der Waals surface area (Å²) in [7, 11) is 1.59. The summed E-state index contributed by atoms with van der Waals surface area (Å²) in [6.45, 7) is 4.87. The number of thioether (sulfide) groups is 1. The Balaban J connectivity index is 2.36. The number of nitrogens with zero attached hydrogens (tertiary/aromatic N) is 2. The molecule has 0 saturated carbocycles. The Labute approximate surface area is 112 Å². The molecule has 1 aliphatic heterocycles. The second-order valence-corrected chi connectivity index (χ2v) is 6.39. The molecule has 0 amide bonds. The predicted molar refractivity (Wildman–Crippen MR) is 73.5 cm³/mol. The van der Waals surface area contributed by atoms with Gasteiger partial charge in [0, 0.05) is 6.54 Å². The van der Waals surface area contributed by atoms with Crippen LogP contribution >= 0.6 is 11.8 Å². The van der Waals surface area contributed by atoms with E-state index in [2.05, 4.69) is 12.0 Å². The van der Waals surface area contributed by atoms with Crippen LogP contribution in [0.3, 0.4) is 0 Å². The van der Waals surface area contributed by atoms with Crippen molar-refractivity contribution in [2.75, 3.05) is 12.9 Å². The van der Waals surface area contributed by atoms with Crippen LogP contribution in [0, 0.1) is 0 Å². The number of carbonyl (C=O) groups is 1. The fourth-order valence-corrected chi connectivity index (χ4v) is 3.59. The number of carbonyl (C=O) groups excluding carboxylic acids is 1. The van der Waals surface area contributed by atoms with Crippen LogP contribution in [0.5, 0.6) is 5.75 Å². The maximum atomic E-state index is 12.7. The summed E-state index contributed by atoms with van der Waals surface area (Å²) < 4.78 is 6.76. The summed E-state index contributed by atoms with van der Waals surface area (Å²) in [5, 5.41) is 4.26. The molecule has 0 spiro atoms. The molecule has 0 N–H and O–H groups in total. The third kappa shape index (κ3) is 2.28. The van der Waals surface area contributed by atoms with Crippen LogP contribution < -0.4 is 4.74 Å². The fraction of sp³-hybridized carbons (Fsp3) is 0.692. The monoisotopic (exact) mass is 268 g/mol. The van der Waals surface area contributed by atoms with Crippen molar-refractivity contribution in [2.45, 2.75) is 44.4 Å². The van der Waals surface area contributed by atoms with Gasteiger partial charge in [-0.25, -0.2) is 0 Å². The van der Waals surface area contributed by atoms with Gasteiger partial charge in [0.15, 0.2) is 11.5 Å². The summed E-state index contributed by atoms with van der Waals surface area (Å²) in [5.74, 6) is 1.82. The lowest BCUT2D eigenvalue weighted by Gasteiger charge is -2.21. The lowest BCUT2D eigenvalue weighted by atomic mass is 9.97. The van der Waals surface area contributed by atoms with Crippen molar-refractivity contribution in [1.82, 2.24) is 9.78 Å². The van der Waals surface area contributed by atoms with Gasteiger partial charge in [0.2, 0.25) is 0 Å². The summed E-state index contributed by atoms with van der Waals surface area (Å²) in [6.07, 6.45) is 4.65. The van der Waals surface area contributed by atoms with Crippen molar-refractivity contribution in [3.63, 3.8) is 0 Å². The number of aromatic nitrogens is 2. The molecule has 2 heterocycles. The van der Waals surface area contributed by atoms with Gasteiger partial charge in [-0.15, -0.1) is 11.8 Å². The Kier molecular flexibility index (Phi) is 4.00. The predicted octanol–water partition coefficient (Wildman–Crippen LogP) is 2.77. The normalized spacial score (nSPS) is 23.3. The van der Waals surface area contributed by atoms with Gasteiger partial charge >= 0.3 is 0 Å². The molecule has 0 radical (unpaired) electrons. The quantitative estimate of drug-likeness (QED) is 0.770. The van der Waals surface area contributed by atoms with Crippen molar-refractivity contribution in [2.24, 2.45) is 0 Å². The van der Waals surface area contributed by atoms with E-state index in [0.29, 0.717) is 11.4 Å². The average Bonchev–Trinajstić information content (AvgIpc) is 2.96. The van der Waals surface area contributed by atoms with Gasteiger partial charge in [-0.05, 0) is 31.9 Å². The number of ketones is 1. The first-order valence-corrected chi connectivity index (χ1v) is 7.39. The third-order valence-corrected chi connectivity index (χ3v) is 4.89. The minimum atomic E-state index is -0.307. The van der Waals surface area contributed by atoms with Crippen LogP contribution in [0.4, 0.5) is 0 Å². The minimum absolute atomic E-state index is 0.160. The summed E-state index contributed by atoms with van der Waals surface area (Å²) in [5.41, 5.74) is 0.635. The number of Topliss-reactive ketones (excluding diaryl/α,β-unsaturated/α-hetero) is 1. The van der Waals surface area contributed by atoms with Gasteiger partial charge in [-0.2, -0.15) is 5.10 Å². The zero-order valence-electron chi connectivity index (χ0n) is 11.2. The molecule has 1 saturated heterocycles. The number of aryl methyl sites for hydroxylation is 1. The molecule has 18 heavy (non-hydrogen) atoms. The van der Waals surface area contributed by atoms with Gasteiger partial charge in [-0.1, -0.05) is 6.92 Å². The van der Waals surface area contributed by atoms with Crippen LogP contribution in [0.25, 0.3) is 0 Å². The van der Waals surface area contributed by atoms with Crippen molar-refractivity contribution in [1.29, 1.82) is 0 Å². The van der Waals surface area contributed by atoms with Crippen LogP contribution in [-0.2, 0) is 6.54 Å². The van der Waals surface area contributed by atoms with E-state index in [1.807, 2.05) is 6.92 Å². The van der Waals surface area contributed by atoms with E-state index in [1.54, 1.807) is 29.8 Å². The average molecular weight is 268 g/mol. The highest BCUT2D eigenvalue weighted by atomic mass is 32.2. The van der Waals surface area contributed by atoms with Crippen molar-refractivity contribution in [3.8, 4) is 5.75 Å². The van der Waals surface area contributed by atoms with Crippen molar-refractivity contribution in [3.05, 3.63) is 11.9 Å². The molecular formula is C13H20N2O2S. The molecular weight excluding hydrogens is 248 g/mol. The highest BCUT2D eigenvalue weighted by Gasteiger charge is 2.40. The van der Waals surface area contributed by atoms with Gasteiger partial charge in [0.1, 0.15) is 5.69 Å². The molecule has 1 fully saturated rings. The van der Waals surface area contributed by atoms with E-state index >= 15 is 0 Å². The Bertz CT molecular complexity index is 436. The standard InChI is InChI=1S/C13H20N2O2S/c1-4-7-15-11(10(17-3)9-14-15)12(16)13(2)6-5-8-18-13/h9H,4-8H2,1-3H3. The molecule has 1 atom stereocenters. The van der Waals surface area contributed by atoms with E-state index in [1.165, 1.54) is 0 Å². The molecule has 0 aromatic carbocycles. The van der Waals surface area contributed by atoms with E-state index in [9.17, 15) is 4.79 Å². The Morgan fingerprint density at radius 1 is 1.67 bits per heavy atom. The molecule has 1 aromatic heterocycles. The zero-order valence-corrected chi connectivity index (χ0v) is 12.0. The van der Waals surface area contributed by atoms with Crippen LogP contribution in [0.1, 0.15) is 43.6 Å². The van der Waals surface area contributed by atoms with Gasteiger partial charge in [-0.3, -0.25) is 9.48 Å². The first-order valence-electron chi connectivity index (χ1n) is 6.41. The first kappa shape index (κ1) is 13.5. The lowest BCUT2D eigenvalue weighted by Crippen LogP contribution is -2.31. The summed E-state index contributed by atoms with van der Waals surface area (Å²) in [4.78, 5) is 12.7. The van der Waals surface area contributed by atoms with Crippen LogP contribution in [0.15, 0.2) is 6.20 Å². The van der Waals surface area contributed by atoms with Crippen LogP contribution in [-0.4, -0.2) is 33.2 Å². The molecule has 1 aromatic rings. The molecule has 5 heteroatoms. The largest absolute Gasteiger partial charge is 0.493 e. The second-order valence-electron chi connectivity index (χ2n) is 4.80. The maximum absolute atomic E-state index is 12.7. The van der Waals surface area contributed by atoms with Crippen molar-refractivity contribution >= 4 is 17.5 Å². The van der Waals surface area contributed by atoms with E-state index in [4.69, 9.17) is 4.74 Å². The van der Waals surface area contributed by atoms with E-state index in [0.717, 1.165) is 31.6 Å². The molecule has 4 nitrogen and oxygen atoms in total. The number of hydrogen-bond donors (Lipinski definition) is 0. The molecule has 1 aliphatic rings. The number of ether oxygens (including phenoxy) is 1. The number of rotatable bonds is 5. The molecule has 1 unspecified atom stereocenters. The SMILES string of the molecule is CCCn1ncc(OC)c1C(=O)C1(C)CCCS1. The lowest BCUT2D eigenvalue weighted by molar-refractivity contribution is 0.0934. The highest BCUT2D eigenvalue weighted by molar-refractivity contribution is 8.01. The second kappa shape index (κ2) is 5.34. The van der Waals surface area contributed by atoms with Crippen LogP contribution in [0.2, 0.25) is 0 Å².